The average molecular weight is 1570 g/mol. The number of unbranched alkanes of at least 4 members (excludes halogenated alkanes) is 15. The molecule has 3 N–H and O–H groups in total. The summed E-state index contributed by atoms with van der Waals surface area (Å²) in [5.74, 6) is -2.42. The molecule has 0 rings (SSSR count). The van der Waals surface area contributed by atoms with Crippen LogP contribution in [0.3, 0.4) is 0 Å². The Hall–Kier alpha value is -6.36. The average Bonchev–Trinajstić information content (AvgIpc) is 0.900. The van der Waals surface area contributed by atoms with E-state index in [0.717, 1.165) is 173 Å². The predicted molar refractivity (Wildman–Crippen MR) is 454 cm³/mol. The maximum Gasteiger partial charge on any atom is 0.472 e. The molecule has 19 heteroatoms. The van der Waals surface area contributed by atoms with Gasteiger partial charge in [0.25, 0.3) is 0 Å². The van der Waals surface area contributed by atoms with Gasteiger partial charge in [-0.05, 0) is 167 Å². The highest BCUT2D eigenvalue weighted by Crippen LogP contribution is 2.45. The largest absolute Gasteiger partial charge is 0.472 e. The van der Waals surface area contributed by atoms with E-state index in [1.54, 1.807) is 0 Å². The van der Waals surface area contributed by atoms with Gasteiger partial charge in [0.05, 0.1) is 26.4 Å². The number of aliphatic hydroxyl groups is 1. The molecule has 0 fully saturated rings. The third-order valence-electron chi connectivity index (χ3n) is 16.2. The Balaban J connectivity index is 5.54. The minimum absolute atomic E-state index is 0.0110. The van der Waals surface area contributed by atoms with Gasteiger partial charge < -0.3 is 33.8 Å². The van der Waals surface area contributed by atoms with E-state index in [-0.39, 0.29) is 25.7 Å². The van der Waals surface area contributed by atoms with Crippen molar-refractivity contribution in [3.05, 3.63) is 207 Å². The number of aliphatic hydroxyl groups excluding tert-OH is 1. The molecule has 5 atom stereocenters. The molecule has 0 aromatic heterocycles. The van der Waals surface area contributed by atoms with Gasteiger partial charge in [0.2, 0.25) is 0 Å². The first-order chi connectivity index (χ1) is 53.7. The zero-order chi connectivity index (χ0) is 80.3. The summed E-state index contributed by atoms with van der Waals surface area (Å²) in [6.45, 7) is 4.33. The molecule has 0 aromatic rings. The Morgan fingerprint density at radius 2 is 0.509 bits per heavy atom. The van der Waals surface area contributed by atoms with E-state index in [1.807, 2.05) is 36.5 Å². The smallest absolute Gasteiger partial charge is 0.462 e. The molecule has 0 radical (unpaired) electrons. The van der Waals surface area contributed by atoms with Gasteiger partial charge in [-0.2, -0.15) is 0 Å². The molecule has 620 valence electrons. The van der Waals surface area contributed by atoms with Crippen LogP contribution in [0.4, 0.5) is 0 Å². The number of rotatable bonds is 75. The molecule has 0 spiro atoms. The van der Waals surface area contributed by atoms with Crippen LogP contribution in [0.25, 0.3) is 0 Å². The van der Waals surface area contributed by atoms with Crippen molar-refractivity contribution in [2.24, 2.45) is 0 Å². The van der Waals surface area contributed by atoms with Gasteiger partial charge in [-0.15, -0.1) is 0 Å². The summed E-state index contributed by atoms with van der Waals surface area (Å²) in [6, 6.07) is 0. The van der Waals surface area contributed by atoms with Crippen molar-refractivity contribution in [1.82, 2.24) is 0 Å². The summed E-state index contributed by atoms with van der Waals surface area (Å²) in [6.07, 6.45) is 101. The topological polar surface area (TPSA) is 237 Å². The molecule has 0 bridgehead atoms. The lowest BCUT2D eigenvalue weighted by Gasteiger charge is -2.21. The first-order valence-corrected chi connectivity index (χ1v) is 44.3. The van der Waals surface area contributed by atoms with Crippen LogP contribution in [0, 0.1) is 0 Å². The highest BCUT2D eigenvalue weighted by molar-refractivity contribution is 7.47. The number of carbonyl (C=O) groups is 4. The lowest BCUT2D eigenvalue weighted by atomic mass is 10.1. The molecule has 0 aromatic carbocycles. The van der Waals surface area contributed by atoms with Crippen molar-refractivity contribution in [3.63, 3.8) is 0 Å². The fourth-order valence-electron chi connectivity index (χ4n) is 10.0. The van der Waals surface area contributed by atoms with E-state index in [4.69, 9.17) is 37.0 Å². The summed E-state index contributed by atoms with van der Waals surface area (Å²) < 4.78 is 68.5. The van der Waals surface area contributed by atoms with Crippen molar-refractivity contribution in [2.45, 2.75) is 303 Å². The predicted octanol–water partition coefficient (Wildman–Crippen LogP) is 24.7. The maximum atomic E-state index is 13.1. The van der Waals surface area contributed by atoms with Crippen LogP contribution in [-0.4, -0.2) is 96.7 Å². The van der Waals surface area contributed by atoms with Crippen LogP contribution < -0.4 is 0 Å². The van der Waals surface area contributed by atoms with Gasteiger partial charge >= 0.3 is 39.5 Å². The molecule has 0 aliphatic carbocycles. The summed E-state index contributed by atoms with van der Waals surface area (Å²) in [5, 5.41) is 10.7. The Labute approximate surface area is 665 Å². The molecule has 0 heterocycles. The maximum absolute atomic E-state index is 13.1. The number of ether oxygens (including phenoxy) is 4. The molecular formula is C91H144O17P2. The van der Waals surface area contributed by atoms with Gasteiger partial charge in [0.1, 0.15) is 19.3 Å². The number of phosphoric acid groups is 2. The molecular weight excluding hydrogens is 1430 g/mol. The minimum atomic E-state index is -5.03. The monoisotopic (exact) mass is 1570 g/mol. The number of hydrogen-bond acceptors (Lipinski definition) is 15. The second kappa shape index (κ2) is 80.7. The van der Waals surface area contributed by atoms with Crippen molar-refractivity contribution in [3.8, 4) is 0 Å². The molecule has 0 aliphatic heterocycles. The van der Waals surface area contributed by atoms with Crippen LogP contribution in [0.15, 0.2) is 207 Å². The third-order valence-corrected chi connectivity index (χ3v) is 18.1. The normalized spacial score (nSPS) is 14.9. The standard InChI is InChI=1S/C91H144O17P2/c1-5-9-13-17-21-25-29-33-36-39-42-45-48-52-55-59-63-67-71-75-88(93)101-81-86(107-90(95)77-73-69-65-61-57-51-32-28-24-20-16-12-8-4)83-105-109(97,98)103-79-85(92)80-104-110(99,100)106-84-87(108-91(96)78-74-70-66-62-58-54-50-47-44-41-38-35-31-27-23-19-15-11-7-3)82-102-89(94)76-72-68-64-60-56-53-49-46-43-40-37-34-30-26-22-18-14-10-6-2/h10-11,14-16,20-23,25-28,32-38,42-47,53-54,56,58,64,66,68,70,85-87,92H,5-9,12-13,17-19,24,29-31,39-41,48-52,55,57,59-63,65,67,69,71-84H2,1-4H3,(H,97,98)(H,99,100)/b14-10-,15-11-,20-16-,25-21-,26-22-,27-23-,32-28-,36-33-,37-34-,38-35-,45-42-,46-43-,47-44-,56-53-,58-54-,68-64-,70-66-. The molecule has 5 unspecified atom stereocenters. The van der Waals surface area contributed by atoms with E-state index in [1.165, 1.54) is 19.3 Å². The molecule has 0 saturated carbocycles. The van der Waals surface area contributed by atoms with Crippen molar-refractivity contribution in [2.75, 3.05) is 39.6 Å². The van der Waals surface area contributed by atoms with Crippen LogP contribution >= 0.6 is 15.6 Å². The Kier molecular flexibility index (Phi) is 76.0. The minimum Gasteiger partial charge on any atom is -0.462 e. The van der Waals surface area contributed by atoms with Gasteiger partial charge in [0.15, 0.2) is 12.2 Å². The van der Waals surface area contributed by atoms with Crippen molar-refractivity contribution in [1.29, 1.82) is 0 Å². The Morgan fingerprint density at radius 1 is 0.264 bits per heavy atom. The van der Waals surface area contributed by atoms with E-state index >= 15 is 0 Å². The van der Waals surface area contributed by atoms with Crippen LogP contribution in [0.2, 0.25) is 0 Å². The zero-order valence-electron chi connectivity index (χ0n) is 67.8. The summed E-state index contributed by atoms with van der Waals surface area (Å²) >= 11 is 0. The molecule has 0 amide bonds. The van der Waals surface area contributed by atoms with Gasteiger partial charge in [-0.3, -0.25) is 37.3 Å². The van der Waals surface area contributed by atoms with E-state index < -0.39 is 97.5 Å². The second-order valence-corrected chi connectivity index (χ2v) is 29.5. The second-order valence-electron chi connectivity index (χ2n) is 26.6. The lowest BCUT2D eigenvalue weighted by molar-refractivity contribution is -0.161. The highest BCUT2D eigenvalue weighted by Gasteiger charge is 2.30. The lowest BCUT2D eigenvalue weighted by Crippen LogP contribution is -2.30. The quantitative estimate of drug-likeness (QED) is 0.0169. The number of allylic oxidation sites excluding steroid dienone is 34. The Bertz CT molecular complexity index is 2900. The highest BCUT2D eigenvalue weighted by atomic mass is 31.2. The summed E-state index contributed by atoms with van der Waals surface area (Å²) in [5.41, 5.74) is 0. The van der Waals surface area contributed by atoms with E-state index in [0.29, 0.717) is 38.5 Å². The summed E-state index contributed by atoms with van der Waals surface area (Å²) in [7, 11) is -10.0. The van der Waals surface area contributed by atoms with E-state index in [9.17, 15) is 43.2 Å². The van der Waals surface area contributed by atoms with Crippen LogP contribution in [0.5, 0.6) is 0 Å². The Morgan fingerprint density at radius 3 is 0.836 bits per heavy atom. The summed E-state index contributed by atoms with van der Waals surface area (Å²) in [4.78, 5) is 73.1. The van der Waals surface area contributed by atoms with Crippen molar-refractivity contribution >= 4 is 39.5 Å². The first kappa shape index (κ1) is 104. The van der Waals surface area contributed by atoms with Gasteiger partial charge in [-0.25, -0.2) is 9.13 Å². The van der Waals surface area contributed by atoms with Crippen LogP contribution in [-0.2, 0) is 65.4 Å². The van der Waals surface area contributed by atoms with Gasteiger partial charge in [0, 0.05) is 25.7 Å². The molecule has 0 aliphatic rings. The molecule has 110 heavy (non-hydrogen) atoms. The number of phosphoric ester groups is 2. The fourth-order valence-corrected chi connectivity index (χ4v) is 11.6. The van der Waals surface area contributed by atoms with E-state index in [2.05, 4.69) is 198 Å². The number of hydrogen-bond donors (Lipinski definition) is 3. The zero-order valence-corrected chi connectivity index (χ0v) is 69.6. The van der Waals surface area contributed by atoms with Crippen LogP contribution in [0.1, 0.15) is 285 Å². The third kappa shape index (κ3) is 79.7. The number of esters is 4. The molecule has 17 nitrogen and oxygen atoms in total. The number of carbonyl (C=O) groups excluding carboxylic acids is 4. The van der Waals surface area contributed by atoms with Crippen molar-refractivity contribution < 1.29 is 80.2 Å². The SMILES string of the molecule is CC/C=C\C/C=C\C/C=C\C/C=C\C/C=C\C/C=C\CCC(=O)OCC(COP(=O)(O)OCC(O)COP(=O)(O)OCC(COC(=O)CCCCCCCC/C=C\C/C=C\C/C=C\CCCCC)OC(=O)CCCCCCC/C=C\C/C=C\CCC)OC(=O)CC/C=C\C/C=C\C/C=C\C/C=C\C/C=C\C/C=C\CC. The van der Waals surface area contributed by atoms with Gasteiger partial charge in [-0.1, -0.05) is 298 Å². The molecule has 0 saturated heterocycles. The fraction of sp³-hybridized carbons (Fsp3) is 0.582. The first-order valence-electron chi connectivity index (χ1n) is 41.3.